The molecule has 3 nitrogen and oxygen atoms in total. The van der Waals surface area contributed by atoms with E-state index in [0.717, 1.165) is 6.08 Å². The first-order chi connectivity index (χ1) is 6.72. The Morgan fingerprint density at radius 1 is 1.64 bits per heavy atom. The molecular formula is C11H11O3. The van der Waals surface area contributed by atoms with Crippen LogP contribution < -0.4 is 4.74 Å². The van der Waals surface area contributed by atoms with Gasteiger partial charge in [-0.15, -0.1) is 0 Å². The minimum Gasteiger partial charge on any atom is -0.454 e. The summed E-state index contributed by atoms with van der Waals surface area (Å²) in [6, 6.07) is 9.95. The van der Waals surface area contributed by atoms with E-state index in [9.17, 15) is 4.79 Å². The second-order valence-corrected chi connectivity index (χ2v) is 2.55. The zero-order chi connectivity index (χ0) is 10.4. The molecule has 0 aliphatic carbocycles. The molecule has 0 N–H and O–H groups in total. The SMILES string of the molecule is C=CC(=O)OC(C)Oc1[c]cccc1. The number of carbonyl (C=O) groups excluding carboxylic acids is 1. The van der Waals surface area contributed by atoms with Crippen LogP contribution in [0.5, 0.6) is 5.75 Å². The lowest BCUT2D eigenvalue weighted by Crippen LogP contribution is -2.19. The molecule has 1 aromatic rings. The van der Waals surface area contributed by atoms with Gasteiger partial charge in [-0.25, -0.2) is 4.79 Å². The van der Waals surface area contributed by atoms with Gasteiger partial charge in [0.15, 0.2) is 0 Å². The molecule has 0 saturated heterocycles. The minimum atomic E-state index is -0.640. The maximum Gasteiger partial charge on any atom is 0.333 e. The quantitative estimate of drug-likeness (QED) is 0.414. The Morgan fingerprint density at radius 3 is 3.00 bits per heavy atom. The van der Waals surface area contributed by atoms with Crippen LogP contribution in [0, 0.1) is 6.07 Å². The first kappa shape index (κ1) is 10.3. The van der Waals surface area contributed by atoms with Crippen molar-refractivity contribution in [3.8, 4) is 5.75 Å². The van der Waals surface area contributed by atoms with Gasteiger partial charge in [0.1, 0.15) is 5.75 Å². The molecule has 73 valence electrons. The molecule has 0 spiro atoms. The molecule has 0 fully saturated rings. The molecular weight excluding hydrogens is 180 g/mol. The molecule has 14 heavy (non-hydrogen) atoms. The summed E-state index contributed by atoms with van der Waals surface area (Å²) < 4.78 is 10.0. The van der Waals surface area contributed by atoms with Gasteiger partial charge in [0.25, 0.3) is 0 Å². The van der Waals surface area contributed by atoms with Crippen molar-refractivity contribution in [2.45, 2.75) is 13.2 Å². The molecule has 1 radical (unpaired) electrons. The zero-order valence-electron chi connectivity index (χ0n) is 7.90. The van der Waals surface area contributed by atoms with Crippen molar-refractivity contribution < 1.29 is 14.3 Å². The lowest BCUT2D eigenvalue weighted by Gasteiger charge is -2.13. The summed E-state index contributed by atoms with van der Waals surface area (Å²) in [5, 5.41) is 0. The monoisotopic (exact) mass is 191 g/mol. The standard InChI is InChI=1S/C11H11O3/c1-3-11(12)14-9(2)13-10-7-5-4-6-8-10/h3-7,9H,1H2,2H3. The largest absolute Gasteiger partial charge is 0.454 e. The van der Waals surface area contributed by atoms with Gasteiger partial charge in [-0.3, -0.25) is 0 Å². The van der Waals surface area contributed by atoms with Crippen molar-refractivity contribution in [1.29, 1.82) is 0 Å². The summed E-state index contributed by atoms with van der Waals surface area (Å²) in [6.07, 6.45) is 0.452. The molecule has 0 bridgehead atoms. The van der Waals surface area contributed by atoms with Gasteiger partial charge in [-0.1, -0.05) is 24.8 Å². The van der Waals surface area contributed by atoms with Crippen LogP contribution in [0.2, 0.25) is 0 Å². The maximum atomic E-state index is 10.8. The highest BCUT2D eigenvalue weighted by molar-refractivity contribution is 5.81. The van der Waals surface area contributed by atoms with Crippen molar-refractivity contribution in [1.82, 2.24) is 0 Å². The predicted octanol–water partition coefficient (Wildman–Crippen LogP) is 1.94. The van der Waals surface area contributed by atoms with Crippen molar-refractivity contribution in [3.05, 3.63) is 43.0 Å². The van der Waals surface area contributed by atoms with Gasteiger partial charge < -0.3 is 9.47 Å². The van der Waals surface area contributed by atoms with Gasteiger partial charge in [0, 0.05) is 19.1 Å². The third-order valence-corrected chi connectivity index (χ3v) is 1.42. The topological polar surface area (TPSA) is 35.5 Å². The molecule has 3 heteroatoms. The van der Waals surface area contributed by atoms with E-state index in [2.05, 4.69) is 12.6 Å². The second kappa shape index (κ2) is 5.07. The predicted molar refractivity (Wildman–Crippen MR) is 51.7 cm³/mol. The molecule has 1 aromatic carbocycles. The van der Waals surface area contributed by atoms with Crippen molar-refractivity contribution in [2.24, 2.45) is 0 Å². The van der Waals surface area contributed by atoms with Crippen molar-refractivity contribution in [3.63, 3.8) is 0 Å². The van der Waals surface area contributed by atoms with Crippen molar-refractivity contribution >= 4 is 5.97 Å². The van der Waals surface area contributed by atoms with Crippen LogP contribution >= 0.6 is 0 Å². The third-order valence-electron chi connectivity index (χ3n) is 1.42. The van der Waals surface area contributed by atoms with E-state index >= 15 is 0 Å². The summed E-state index contributed by atoms with van der Waals surface area (Å²) >= 11 is 0. The van der Waals surface area contributed by atoms with E-state index in [1.54, 1.807) is 19.1 Å². The summed E-state index contributed by atoms with van der Waals surface area (Å²) in [5.74, 6) is 0.0327. The molecule has 0 aliphatic rings. The number of benzene rings is 1. The maximum absolute atomic E-state index is 10.8. The van der Waals surface area contributed by atoms with E-state index < -0.39 is 12.3 Å². The number of carbonyl (C=O) groups is 1. The van der Waals surface area contributed by atoms with E-state index in [1.807, 2.05) is 12.1 Å². The number of hydrogen-bond acceptors (Lipinski definition) is 3. The number of esters is 1. The highest BCUT2D eigenvalue weighted by Crippen LogP contribution is 2.10. The van der Waals surface area contributed by atoms with E-state index in [4.69, 9.17) is 9.47 Å². The average molecular weight is 191 g/mol. The average Bonchev–Trinajstić information content (AvgIpc) is 2.19. The van der Waals surface area contributed by atoms with Crippen LogP contribution in [-0.4, -0.2) is 12.3 Å². The van der Waals surface area contributed by atoms with Crippen LogP contribution in [0.15, 0.2) is 36.9 Å². The number of rotatable bonds is 4. The van der Waals surface area contributed by atoms with Crippen LogP contribution in [0.4, 0.5) is 0 Å². The Balaban J connectivity index is 2.45. The Labute approximate surface area is 83.0 Å². The Hall–Kier alpha value is -1.77. The van der Waals surface area contributed by atoms with Gasteiger partial charge >= 0.3 is 5.97 Å². The summed E-state index contributed by atoms with van der Waals surface area (Å²) in [7, 11) is 0. The molecule has 0 aromatic heterocycles. The fraction of sp³-hybridized carbons (Fsp3) is 0.182. The first-order valence-corrected chi connectivity index (χ1v) is 4.19. The fourth-order valence-electron chi connectivity index (χ4n) is 0.865. The van der Waals surface area contributed by atoms with Crippen LogP contribution in [0.1, 0.15) is 6.92 Å². The summed E-state index contributed by atoms with van der Waals surface area (Å²) in [5.41, 5.74) is 0. The molecule has 0 amide bonds. The van der Waals surface area contributed by atoms with Gasteiger partial charge in [0.2, 0.25) is 6.29 Å². The van der Waals surface area contributed by atoms with Gasteiger partial charge in [0.05, 0.1) is 0 Å². The smallest absolute Gasteiger partial charge is 0.333 e. The number of ether oxygens (including phenoxy) is 2. The Morgan fingerprint density at radius 2 is 2.43 bits per heavy atom. The Bertz CT molecular complexity index is 306. The number of hydrogen-bond donors (Lipinski definition) is 0. The molecule has 0 saturated carbocycles. The van der Waals surface area contributed by atoms with E-state index in [1.165, 1.54) is 0 Å². The lowest BCUT2D eigenvalue weighted by molar-refractivity contribution is -0.154. The van der Waals surface area contributed by atoms with Gasteiger partial charge in [-0.05, 0) is 6.07 Å². The molecule has 1 unspecified atom stereocenters. The molecule has 0 aliphatic heterocycles. The Kier molecular flexibility index (Phi) is 3.73. The van der Waals surface area contributed by atoms with E-state index in [0.29, 0.717) is 5.75 Å². The van der Waals surface area contributed by atoms with Crippen LogP contribution in [0.25, 0.3) is 0 Å². The molecule has 0 heterocycles. The van der Waals surface area contributed by atoms with E-state index in [-0.39, 0.29) is 0 Å². The minimum absolute atomic E-state index is 0.506. The molecule has 1 rings (SSSR count). The first-order valence-electron chi connectivity index (χ1n) is 4.19. The second-order valence-electron chi connectivity index (χ2n) is 2.55. The zero-order valence-corrected chi connectivity index (χ0v) is 7.90. The highest BCUT2D eigenvalue weighted by atomic mass is 16.7. The lowest BCUT2D eigenvalue weighted by atomic mass is 10.3. The summed E-state index contributed by atoms with van der Waals surface area (Å²) in [6.45, 7) is 4.91. The van der Waals surface area contributed by atoms with Crippen LogP contribution in [-0.2, 0) is 9.53 Å². The third kappa shape index (κ3) is 3.31. The molecule has 1 atom stereocenters. The normalized spacial score (nSPS) is 11.5. The van der Waals surface area contributed by atoms with Crippen LogP contribution in [0.3, 0.4) is 0 Å². The highest BCUT2D eigenvalue weighted by Gasteiger charge is 2.06. The summed E-state index contributed by atoms with van der Waals surface area (Å²) in [4.78, 5) is 10.8. The number of para-hydroxylation sites is 1. The fourth-order valence-corrected chi connectivity index (χ4v) is 0.865. The van der Waals surface area contributed by atoms with Crippen molar-refractivity contribution in [2.75, 3.05) is 0 Å². The van der Waals surface area contributed by atoms with Gasteiger partial charge in [-0.2, -0.15) is 0 Å².